The van der Waals surface area contributed by atoms with E-state index in [9.17, 15) is 0 Å². The molecule has 0 atom stereocenters. The molecule has 28 heavy (non-hydrogen) atoms. The smallest absolute Gasteiger partial charge is 0.227 e. The van der Waals surface area contributed by atoms with E-state index in [0.29, 0.717) is 5.95 Å². The van der Waals surface area contributed by atoms with Crippen molar-refractivity contribution in [1.82, 2.24) is 15.0 Å². The highest BCUT2D eigenvalue weighted by Crippen LogP contribution is 2.30. The average molecular weight is 380 g/mol. The van der Waals surface area contributed by atoms with E-state index >= 15 is 0 Å². The van der Waals surface area contributed by atoms with E-state index in [1.165, 1.54) is 16.3 Å². The molecule has 0 spiro atoms. The normalized spacial score (nSPS) is 10.9. The van der Waals surface area contributed by atoms with Gasteiger partial charge < -0.3 is 5.32 Å². The van der Waals surface area contributed by atoms with Crippen molar-refractivity contribution in [3.63, 3.8) is 0 Å². The van der Waals surface area contributed by atoms with Crippen molar-refractivity contribution in [1.29, 1.82) is 0 Å². The summed E-state index contributed by atoms with van der Waals surface area (Å²) in [5, 5.41) is 8.62. The number of rotatable bonds is 4. The Balaban J connectivity index is 1.49. The minimum Gasteiger partial charge on any atom is -0.324 e. The van der Waals surface area contributed by atoms with Gasteiger partial charge in [-0.05, 0) is 40.1 Å². The predicted molar refractivity (Wildman–Crippen MR) is 116 cm³/mol. The number of anilines is 2. The first-order valence-electron chi connectivity index (χ1n) is 8.95. The van der Waals surface area contributed by atoms with E-state index in [1.54, 1.807) is 23.7 Å². The maximum atomic E-state index is 4.59. The summed E-state index contributed by atoms with van der Waals surface area (Å²) < 4.78 is 0. The minimum absolute atomic E-state index is 0.558. The third kappa shape index (κ3) is 3.23. The Morgan fingerprint density at radius 3 is 2.61 bits per heavy atom. The molecular weight excluding hydrogens is 364 g/mol. The van der Waals surface area contributed by atoms with E-state index < -0.39 is 0 Å². The summed E-state index contributed by atoms with van der Waals surface area (Å²) in [6.07, 6.45) is 3.53. The van der Waals surface area contributed by atoms with Gasteiger partial charge in [-0.2, -0.15) is 0 Å². The molecule has 4 nitrogen and oxygen atoms in total. The van der Waals surface area contributed by atoms with Gasteiger partial charge in [-0.25, -0.2) is 15.0 Å². The molecule has 0 aliphatic rings. The van der Waals surface area contributed by atoms with Crippen LogP contribution in [0.15, 0.2) is 90.6 Å². The van der Waals surface area contributed by atoms with Crippen LogP contribution in [0.2, 0.25) is 0 Å². The molecule has 5 aromatic rings. The van der Waals surface area contributed by atoms with Crippen LogP contribution in [0.5, 0.6) is 0 Å². The number of nitrogens with one attached hydrogen (secondary N) is 1. The van der Waals surface area contributed by atoms with E-state index in [0.717, 1.165) is 22.0 Å². The van der Waals surface area contributed by atoms with Gasteiger partial charge in [-0.1, -0.05) is 54.6 Å². The number of hydrogen-bond donors (Lipinski definition) is 1. The fourth-order valence-electron chi connectivity index (χ4n) is 3.26. The molecule has 0 radical (unpaired) electrons. The topological polar surface area (TPSA) is 50.7 Å². The molecule has 134 valence electrons. The van der Waals surface area contributed by atoms with Gasteiger partial charge in [0.15, 0.2) is 0 Å². The Kier molecular flexibility index (Phi) is 4.27. The number of aromatic nitrogens is 3. The first kappa shape index (κ1) is 16.6. The number of benzene rings is 3. The van der Waals surface area contributed by atoms with Crippen molar-refractivity contribution in [2.45, 2.75) is 0 Å². The third-order valence-electron chi connectivity index (χ3n) is 4.53. The quantitative estimate of drug-likeness (QED) is 0.405. The van der Waals surface area contributed by atoms with E-state index in [-0.39, 0.29) is 0 Å². The van der Waals surface area contributed by atoms with Crippen molar-refractivity contribution in [3.05, 3.63) is 90.6 Å². The molecule has 0 saturated heterocycles. The van der Waals surface area contributed by atoms with E-state index in [1.807, 2.05) is 23.6 Å². The van der Waals surface area contributed by atoms with Crippen molar-refractivity contribution >= 4 is 33.7 Å². The lowest BCUT2D eigenvalue weighted by Crippen LogP contribution is -1.98. The fourth-order valence-corrected chi connectivity index (χ4v) is 3.87. The third-order valence-corrected chi connectivity index (χ3v) is 5.32. The largest absolute Gasteiger partial charge is 0.324 e. The van der Waals surface area contributed by atoms with Gasteiger partial charge in [0.2, 0.25) is 5.95 Å². The van der Waals surface area contributed by atoms with Crippen molar-refractivity contribution < 1.29 is 0 Å². The summed E-state index contributed by atoms with van der Waals surface area (Å²) in [7, 11) is 0. The molecule has 0 unspecified atom stereocenters. The average Bonchev–Trinajstić information content (AvgIpc) is 3.29. The highest BCUT2D eigenvalue weighted by Gasteiger charge is 2.07. The van der Waals surface area contributed by atoms with Gasteiger partial charge in [0.05, 0.1) is 0 Å². The van der Waals surface area contributed by atoms with Crippen LogP contribution >= 0.6 is 11.3 Å². The highest BCUT2D eigenvalue weighted by atomic mass is 32.1. The van der Waals surface area contributed by atoms with Crippen LogP contribution in [0.4, 0.5) is 11.6 Å². The second-order valence-corrected chi connectivity index (χ2v) is 7.23. The van der Waals surface area contributed by atoms with Crippen LogP contribution in [-0.2, 0) is 0 Å². The summed E-state index contributed by atoms with van der Waals surface area (Å²) in [6.45, 7) is 0. The van der Waals surface area contributed by atoms with Crippen molar-refractivity contribution in [3.8, 4) is 21.8 Å². The Hall–Kier alpha value is -3.57. The zero-order chi connectivity index (χ0) is 18.8. The monoisotopic (exact) mass is 380 g/mol. The van der Waals surface area contributed by atoms with Crippen LogP contribution in [-0.4, -0.2) is 15.0 Å². The van der Waals surface area contributed by atoms with Crippen molar-refractivity contribution in [2.24, 2.45) is 0 Å². The maximum Gasteiger partial charge on any atom is 0.227 e. The lowest BCUT2D eigenvalue weighted by molar-refractivity contribution is 1.16. The summed E-state index contributed by atoms with van der Waals surface area (Å²) in [5.41, 5.74) is 4.12. The van der Waals surface area contributed by atoms with E-state index in [4.69, 9.17) is 0 Å². The zero-order valence-corrected chi connectivity index (χ0v) is 15.7. The Labute approximate surface area is 166 Å². The van der Waals surface area contributed by atoms with Crippen LogP contribution < -0.4 is 5.32 Å². The number of hydrogen-bond acceptors (Lipinski definition) is 5. The highest BCUT2D eigenvalue weighted by molar-refractivity contribution is 7.13. The summed E-state index contributed by atoms with van der Waals surface area (Å²) in [6, 6.07) is 25.0. The van der Waals surface area contributed by atoms with E-state index in [2.05, 4.69) is 74.9 Å². The number of nitrogens with zero attached hydrogens (tertiary/aromatic N) is 3. The Morgan fingerprint density at radius 2 is 1.68 bits per heavy atom. The molecule has 0 aliphatic carbocycles. The number of thiazole rings is 1. The molecule has 0 saturated carbocycles. The molecule has 0 fully saturated rings. The van der Waals surface area contributed by atoms with Gasteiger partial charge in [-0.3, -0.25) is 0 Å². The minimum atomic E-state index is 0.558. The fraction of sp³-hybridized carbons (Fsp3) is 0. The van der Waals surface area contributed by atoms with Gasteiger partial charge >= 0.3 is 0 Å². The summed E-state index contributed by atoms with van der Waals surface area (Å²) in [4.78, 5) is 13.3. The SMILES string of the molecule is c1cc(Nc2nccc(-c3nccs3)n2)cc(-c2cccc3ccccc23)c1. The van der Waals surface area contributed by atoms with Crippen LogP contribution in [0.1, 0.15) is 0 Å². The molecule has 1 N–H and O–H groups in total. The van der Waals surface area contributed by atoms with Crippen LogP contribution in [0.3, 0.4) is 0 Å². The molecule has 5 rings (SSSR count). The maximum absolute atomic E-state index is 4.59. The second kappa shape index (κ2) is 7.21. The summed E-state index contributed by atoms with van der Waals surface area (Å²) >= 11 is 1.56. The van der Waals surface area contributed by atoms with Gasteiger partial charge in [0.25, 0.3) is 0 Å². The molecule has 0 aliphatic heterocycles. The van der Waals surface area contributed by atoms with Gasteiger partial charge in [0, 0.05) is 23.5 Å². The standard InChI is InChI=1S/C23H16N4S/c1-2-9-19-16(5-1)6-4-10-20(19)17-7-3-8-18(15-17)26-23-25-12-11-21(27-23)22-24-13-14-28-22/h1-15H,(H,25,26,27). The van der Waals surface area contributed by atoms with Crippen LogP contribution in [0.25, 0.3) is 32.6 Å². The molecule has 2 aromatic heterocycles. The van der Waals surface area contributed by atoms with Crippen LogP contribution in [0, 0.1) is 0 Å². The lowest BCUT2D eigenvalue weighted by atomic mass is 9.98. The first-order chi connectivity index (χ1) is 13.9. The molecule has 0 bridgehead atoms. The molecule has 0 amide bonds. The van der Waals surface area contributed by atoms with Gasteiger partial charge in [-0.15, -0.1) is 11.3 Å². The molecular formula is C23H16N4S. The predicted octanol–water partition coefficient (Wildman–Crippen LogP) is 6.16. The summed E-state index contributed by atoms with van der Waals surface area (Å²) in [5.74, 6) is 0.558. The Bertz CT molecular complexity index is 1240. The van der Waals surface area contributed by atoms with Gasteiger partial charge in [0.1, 0.15) is 10.7 Å². The molecule has 5 heteroatoms. The lowest BCUT2D eigenvalue weighted by Gasteiger charge is -2.10. The number of fused-ring (bicyclic) bond motifs is 1. The molecule has 3 aromatic carbocycles. The molecule has 2 heterocycles. The first-order valence-corrected chi connectivity index (χ1v) is 9.83. The second-order valence-electron chi connectivity index (χ2n) is 6.34. The zero-order valence-electron chi connectivity index (χ0n) is 14.9. The van der Waals surface area contributed by atoms with Crippen molar-refractivity contribution in [2.75, 3.05) is 5.32 Å². The Morgan fingerprint density at radius 1 is 0.786 bits per heavy atom.